The minimum atomic E-state index is -1.38. The van der Waals surface area contributed by atoms with E-state index >= 15 is 0 Å². The zero-order valence-electron chi connectivity index (χ0n) is 29.8. The number of nitrogens with one attached hydrogen (secondary N) is 2. The van der Waals surface area contributed by atoms with E-state index in [4.69, 9.17) is 9.84 Å². The summed E-state index contributed by atoms with van der Waals surface area (Å²) in [6.45, 7) is 1.92. The molecule has 2 aromatic heterocycles. The molecule has 5 aromatic rings. The van der Waals surface area contributed by atoms with Gasteiger partial charge >= 0.3 is 6.16 Å². The first kappa shape index (κ1) is 35.3. The molecule has 7 rings (SSSR count). The normalized spacial score (nSPS) is 15.8. The molecule has 52 heavy (non-hydrogen) atoms. The molecule has 11 heteroatoms. The van der Waals surface area contributed by atoms with Crippen molar-refractivity contribution in [2.24, 2.45) is 0 Å². The summed E-state index contributed by atoms with van der Waals surface area (Å²) in [7, 11) is 3.52. The number of aryl methyl sites for hydroxylation is 1. The average Bonchev–Trinajstić information content (AvgIpc) is 3.83. The minimum absolute atomic E-state index is 0.0397. The van der Waals surface area contributed by atoms with Crippen LogP contribution in [-0.2, 0) is 16.1 Å². The fraction of sp³-hybridized carbons (Fsp3) is 0.366. The molecule has 2 aliphatic carbocycles. The summed E-state index contributed by atoms with van der Waals surface area (Å²) in [6.07, 6.45) is 6.92. The fourth-order valence-electron chi connectivity index (χ4n) is 8.05. The number of amides is 3. The minimum Gasteiger partial charge on any atom is -0.449 e. The van der Waals surface area contributed by atoms with Crippen LogP contribution in [0.25, 0.3) is 32.2 Å². The average molecular weight is 721 g/mol. The lowest BCUT2D eigenvalue weighted by molar-refractivity contribution is -0.129. The quantitative estimate of drug-likeness (QED) is 0.131. The first-order chi connectivity index (χ1) is 25.0. The van der Waals surface area contributed by atoms with Crippen LogP contribution in [0.4, 0.5) is 10.5 Å². The molecule has 2 saturated carbocycles. The topological polar surface area (TPSA) is 130 Å². The van der Waals surface area contributed by atoms with Gasteiger partial charge in [-0.3, -0.25) is 14.4 Å². The number of thiophene rings is 1. The van der Waals surface area contributed by atoms with Gasteiger partial charge in [0.05, 0.1) is 11.2 Å². The predicted molar refractivity (Wildman–Crippen MR) is 204 cm³/mol. The number of hydrogen-bond donors (Lipinski definition) is 3. The SMILES string of the molecule is Cc1c(OC(=O)O)sc2ccc(NC(=O)C3(NC(=O)c4ccc5c(C6CCCCC6)c(-c6ccccc6)n(CC(=O)N(C)C)c5c4)CCCC3)cc12. The number of nitrogens with zero attached hydrogens (tertiary/aromatic N) is 2. The number of fused-ring (bicyclic) bond motifs is 2. The molecule has 0 atom stereocenters. The van der Waals surface area contributed by atoms with E-state index in [0.717, 1.165) is 70.8 Å². The Kier molecular flexibility index (Phi) is 9.80. The molecule has 3 amide bonds. The Bertz CT molecular complexity index is 2170. The third-order valence-electron chi connectivity index (χ3n) is 10.8. The third-order valence-corrected chi connectivity index (χ3v) is 11.9. The van der Waals surface area contributed by atoms with Crippen LogP contribution in [-0.4, -0.2) is 58.1 Å². The van der Waals surface area contributed by atoms with Crippen molar-refractivity contribution in [2.75, 3.05) is 19.4 Å². The van der Waals surface area contributed by atoms with E-state index in [1.54, 1.807) is 32.0 Å². The van der Waals surface area contributed by atoms with Gasteiger partial charge in [0.2, 0.25) is 11.8 Å². The summed E-state index contributed by atoms with van der Waals surface area (Å²) in [4.78, 5) is 54.3. The molecule has 270 valence electrons. The maximum absolute atomic E-state index is 14.2. The molecule has 3 aromatic carbocycles. The van der Waals surface area contributed by atoms with Gasteiger partial charge in [-0.25, -0.2) is 4.79 Å². The number of carbonyl (C=O) groups excluding carboxylic acids is 3. The van der Waals surface area contributed by atoms with Crippen molar-refractivity contribution < 1.29 is 29.0 Å². The lowest BCUT2D eigenvalue weighted by Gasteiger charge is -2.29. The molecular weight excluding hydrogens is 677 g/mol. The first-order valence-corrected chi connectivity index (χ1v) is 18.9. The molecule has 0 bridgehead atoms. The van der Waals surface area contributed by atoms with E-state index in [1.807, 2.05) is 48.5 Å². The van der Waals surface area contributed by atoms with E-state index in [2.05, 4.69) is 27.3 Å². The van der Waals surface area contributed by atoms with E-state index in [9.17, 15) is 19.2 Å². The van der Waals surface area contributed by atoms with E-state index < -0.39 is 11.7 Å². The number of likely N-dealkylation sites (N-methyl/N-ethyl adjacent to an activating group) is 1. The third kappa shape index (κ3) is 6.77. The van der Waals surface area contributed by atoms with Crippen LogP contribution in [0.15, 0.2) is 66.7 Å². The lowest BCUT2D eigenvalue weighted by atomic mass is 9.81. The van der Waals surface area contributed by atoms with Crippen LogP contribution in [0.5, 0.6) is 5.06 Å². The van der Waals surface area contributed by atoms with Crippen LogP contribution in [0.3, 0.4) is 0 Å². The molecule has 2 fully saturated rings. The molecule has 3 N–H and O–H groups in total. The highest BCUT2D eigenvalue weighted by Gasteiger charge is 2.43. The van der Waals surface area contributed by atoms with Crippen LogP contribution in [0.1, 0.15) is 85.2 Å². The van der Waals surface area contributed by atoms with Crippen molar-refractivity contribution in [1.82, 2.24) is 14.8 Å². The van der Waals surface area contributed by atoms with Gasteiger partial charge in [0.25, 0.3) is 5.91 Å². The molecule has 2 heterocycles. The maximum Gasteiger partial charge on any atom is 0.512 e. The Morgan fingerprint density at radius 3 is 2.35 bits per heavy atom. The molecule has 0 radical (unpaired) electrons. The number of aromatic nitrogens is 1. The van der Waals surface area contributed by atoms with Crippen LogP contribution in [0.2, 0.25) is 0 Å². The van der Waals surface area contributed by atoms with Gasteiger partial charge < -0.3 is 29.9 Å². The molecule has 10 nitrogen and oxygen atoms in total. The van der Waals surface area contributed by atoms with Crippen molar-refractivity contribution in [3.63, 3.8) is 0 Å². The van der Waals surface area contributed by atoms with Gasteiger partial charge in [0, 0.05) is 46.4 Å². The number of carbonyl (C=O) groups is 4. The standard InChI is InChI=1S/C41H44N4O6S/c1-25-31-23-29(17-19-33(31)52-38(25)51-40(49)50)42-39(48)41(20-10-11-21-41)43-37(47)28-16-18-30-32(22-28)45(24-34(46)44(2)3)36(27-14-8-5-9-15-27)35(30)26-12-6-4-7-13-26/h5,8-9,14-19,22-23,26H,4,6-7,10-13,20-21,24H2,1-3H3,(H,42,48)(H,43,47)(H,49,50). The second-order valence-electron chi connectivity index (χ2n) is 14.4. The second kappa shape index (κ2) is 14.5. The second-order valence-corrected chi connectivity index (χ2v) is 15.4. The van der Waals surface area contributed by atoms with Crippen LogP contribution >= 0.6 is 11.3 Å². The Labute approximate surface area is 306 Å². The first-order valence-electron chi connectivity index (χ1n) is 18.0. The molecule has 0 unspecified atom stereocenters. The molecule has 0 aliphatic heterocycles. The monoisotopic (exact) mass is 720 g/mol. The number of anilines is 1. The highest BCUT2D eigenvalue weighted by atomic mass is 32.1. The number of rotatable bonds is 9. The summed E-state index contributed by atoms with van der Waals surface area (Å²) >= 11 is 1.23. The summed E-state index contributed by atoms with van der Waals surface area (Å²) in [6, 6.07) is 21.4. The van der Waals surface area contributed by atoms with Crippen molar-refractivity contribution in [2.45, 2.75) is 82.7 Å². The maximum atomic E-state index is 14.2. The van der Waals surface area contributed by atoms with Crippen LogP contribution < -0.4 is 15.4 Å². The Balaban J connectivity index is 1.23. The van der Waals surface area contributed by atoms with E-state index in [1.165, 1.54) is 23.3 Å². The zero-order valence-corrected chi connectivity index (χ0v) is 30.6. The van der Waals surface area contributed by atoms with Gasteiger partial charge in [-0.1, -0.05) is 79.8 Å². The van der Waals surface area contributed by atoms with Gasteiger partial charge in [-0.2, -0.15) is 0 Å². The molecule has 0 saturated heterocycles. The smallest absolute Gasteiger partial charge is 0.449 e. The van der Waals surface area contributed by atoms with Crippen molar-refractivity contribution in [3.05, 3.63) is 83.4 Å². The number of benzene rings is 3. The molecule has 0 spiro atoms. The molecular formula is C41H44N4O6S. The fourth-order valence-corrected chi connectivity index (χ4v) is 9.08. The number of carboxylic acid groups (broad SMARTS) is 1. The summed E-state index contributed by atoms with van der Waals surface area (Å²) in [5, 5.41) is 17.4. The highest BCUT2D eigenvalue weighted by molar-refractivity contribution is 7.21. The number of hydrogen-bond acceptors (Lipinski definition) is 6. The van der Waals surface area contributed by atoms with Crippen molar-refractivity contribution in [3.8, 4) is 16.3 Å². The highest BCUT2D eigenvalue weighted by Crippen LogP contribution is 2.45. The van der Waals surface area contributed by atoms with Gasteiger partial charge in [0.1, 0.15) is 12.1 Å². The van der Waals surface area contributed by atoms with Gasteiger partial charge in [-0.05, 0) is 80.0 Å². The predicted octanol–water partition coefficient (Wildman–Crippen LogP) is 8.71. The Morgan fingerprint density at radius 1 is 0.923 bits per heavy atom. The summed E-state index contributed by atoms with van der Waals surface area (Å²) in [5.41, 5.74) is 4.70. The summed E-state index contributed by atoms with van der Waals surface area (Å²) in [5.74, 6) is -0.326. The Hall–Kier alpha value is -5.16. The van der Waals surface area contributed by atoms with Crippen molar-refractivity contribution >= 4 is 61.9 Å². The molecule has 2 aliphatic rings. The van der Waals surface area contributed by atoms with E-state index in [-0.39, 0.29) is 24.3 Å². The Morgan fingerprint density at radius 2 is 1.65 bits per heavy atom. The largest absolute Gasteiger partial charge is 0.512 e. The van der Waals surface area contributed by atoms with Gasteiger partial charge in [-0.15, -0.1) is 0 Å². The van der Waals surface area contributed by atoms with Crippen molar-refractivity contribution in [1.29, 1.82) is 0 Å². The lowest BCUT2D eigenvalue weighted by Crippen LogP contribution is -2.55. The number of ether oxygens (including phenoxy) is 1. The van der Waals surface area contributed by atoms with E-state index in [0.29, 0.717) is 40.6 Å². The van der Waals surface area contributed by atoms with Crippen LogP contribution in [0, 0.1) is 6.92 Å². The zero-order chi connectivity index (χ0) is 36.6. The summed E-state index contributed by atoms with van der Waals surface area (Å²) < 4.78 is 7.86. The van der Waals surface area contributed by atoms with Gasteiger partial charge in [0.15, 0.2) is 5.06 Å².